The van der Waals surface area contributed by atoms with Gasteiger partial charge in [-0.25, -0.2) is 0 Å². The second-order valence-corrected chi connectivity index (χ2v) is 8.64. The van der Waals surface area contributed by atoms with Crippen molar-refractivity contribution in [1.29, 1.82) is 0 Å². The van der Waals surface area contributed by atoms with Crippen molar-refractivity contribution >= 4 is 40.1 Å². The first-order valence-electron chi connectivity index (χ1n) is 11.0. The average Bonchev–Trinajstić information content (AvgIpc) is 3.22. The molecule has 1 aromatic heterocycles. The summed E-state index contributed by atoms with van der Waals surface area (Å²) >= 11 is 6.06. The minimum atomic E-state index is -0.269. The van der Waals surface area contributed by atoms with Crippen molar-refractivity contribution in [2.24, 2.45) is 4.99 Å². The van der Waals surface area contributed by atoms with Crippen LogP contribution in [0.2, 0.25) is 5.02 Å². The van der Waals surface area contributed by atoms with E-state index in [4.69, 9.17) is 11.6 Å². The Bertz CT molecular complexity index is 1270. The van der Waals surface area contributed by atoms with Crippen molar-refractivity contribution in [2.45, 2.75) is 26.2 Å². The van der Waals surface area contributed by atoms with Crippen LogP contribution >= 0.6 is 11.6 Å². The first-order chi connectivity index (χ1) is 16.0. The number of aromatic amines is 1. The monoisotopic (exact) mass is 458 g/mol. The SMILES string of the molecule is CC(C)c1ccc(NC(=NCCc2c[nH]c3ccccc23)NC(=O)c2cccc(Cl)c2)cc1. The Morgan fingerprint density at radius 2 is 1.82 bits per heavy atom. The number of amides is 1. The number of nitrogens with zero attached hydrogens (tertiary/aromatic N) is 1. The van der Waals surface area contributed by atoms with Crippen molar-refractivity contribution in [3.8, 4) is 0 Å². The smallest absolute Gasteiger partial charge is 0.258 e. The van der Waals surface area contributed by atoms with E-state index in [1.165, 1.54) is 16.5 Å². The van der Waals surface area contributed by atoms with Gasteiger partial charge >= 0.3 is 0 Å². The zero-order valence-corrected chi connectivity index (χ0v) is 19.5. The Hall–Kier alpha value is -3.57. The molecule has 0 aliphatic rings. The van der Waals surface area contributed by atoms with Crippen LogP contribution in [0.4, 0.5) is 5.69 Å². The molecule has 0 spiro atoms. The summed E-state index contributed by atoms with van der Waals surface area (Å²) in [6.45, 7) is 4.83. The number of carbonyl (C=O) groups excluding carboxylic acids is 1. The maximum absolute atomic E-state index is 12.8. The van der Waals surface area contributed by atoms with E-state index in [0.717, 1.165) is 17.6 Å². The number of aromatic nitrogens is 1. The number of hydrogen-bond acceptors (Lipinski definition) is 2. The molecule has 0 atom stereocenters. The molecular formula is C27H27ClN4O. The maximum atomic E-state index is 12.8. The highest BCUT2D eigenvalue weighted by molar-refractivity contribution is 6.31. The number of H-pyrrole nitrogens is 1. The number of halogens is 1. The van der Waals surface area contributed by atoms with Gasteiger partial charge in [0.05, 0.1) is 0 Å². The van der Waals surface area contributed by atoms with E-state index >= 15 is 0 Å². The van der Waals surface area contributed by atoms with Gasteiger partial charge in [0.1, 0.15) is 0 Å². The summed E-state index contributed by atoms with van der Waals surface area (Å²) < 4.78 is 0. The van der Waals surface area contributed by atoms with E-state index in [1.54, 1.807) is 24.3 Å². The van der Waals surface area contributed by atoms with Crippen molar-refractivity contribution in [3.05, 3.63) is 101 Å². The van der Waals surface area contributed by atoms with Gasteiger partial charge in [0, 0.05) is 39.9 Å². The van der Waals surface area contributed by atoms with Gasteiger partial charge in [-0.1, -0.05) is 61.8 Å². The topological polar surface area (TPSA) is 69.3 Å². The number of nitrogens with one attached hydrogen (secondary N) is 3. The van der Waals surface area contributed by atoms with Crippen LogP contribution in [0.5, 0.6) is 0 Å². The highest BCUT2D eigenvalue weighted by Gasteiger charge is 2.11. The second-order valence-electron chi connectivity index (χ2n) is 8.21. The van der Waals surface area contributed by atoms with Gasteiger partial charge in [0.2, 0.25) is 5.96 Å². The van der Waals surface area contributed by atoms with E-state index < -0.39 is 0 Å². The fraction of sp³-hybridized carbons (Fsp3) is 0.185. The third-order valence-corrected chi connectivity index (χ3v) is 5.72. The molecule has 4 rings (SSSR count). The third-order valence-electron chi connectivity index (χ3n) is 5.48. The Morgan fingerprint density at radius 3 is 2.58 bits per heavy atom. The first kappa shape index (κ1) is 22.6. The van der Waals surface area contributed by atoms with Gasteiger partial charge in [-0.15, -0.1) is 0 Å². The van der Waals surface area contributed by atoms with Crippen molar-refractivity contribution < 1.29 is 4.79 Å². The molecule has 1 amide bonds. The van der Waals surface area contributed by atoms with Crippen LogP contribution in [-0.4, -0.2) is 23.4 Å². The summed E-state index contributed by atoms with van der Waals surface area (Å²) in [7, 11) is 0. The lowest BCUT2D eigenvalue weighted by molar-refractivity contribution is 0.0977. The Kier molecular flexibility index (Phi) is 7.10. The largest absolute Gasteiger partial charge is 0.361 e. The van der Waals surface area contributed by atoms with Crippen molar-refractivity contribution in [2.75, 3.05) is 11.9 Å². The lowest BCUT2D eigenvalue weighted by Gasteiger charge is -2.13. The minimum Gasteiger partial charge on any atom is -0.361 e. The molecular weight excluding hydrogens is 432 g/mol. The maximum Gasteiger partial charge on any atom is 0.258 e. The molecule has 5 nitrogen and oxygen atoms in total. The summed E-state index contributed by atoms with van der Waals surface area (Å²) in [5.41, 5.74) is 4.88. The van der Waals surface area contributed by atoms with Gasteiger partial charge in [-0.05, 0) is 59.9 Å². The van der Waals surface area contributed by atoms with Crippen LogP contribution in [0.15, 0.2) is 84.0 Å². The molecule has 4 aromatic rings. The number of guanidine groups is 1. The van der Waals surface area contributed by atoms with Gasteiger partial charge in [-0.2, -0.15) is 0 Å². The zero-order valence-electron chi connectivity index (χ0n) is 18.7. The van der Waals surface area contributed by atoms with Crippen LogP contribution in [0.25, 0.3) is 10.9 Å². The van der Waals surface area contributed by atoms with Gasteiger partial charge in [-0.3, -0.25) is 15.1 Å². The lowest BCUT2D eigenvalue weighted by Crippen LogP contribution is -2.36. The highest BCUT2D eigenvalue weighted by Crippen LogP contribution is 2.19. The molecule has 0 saturated heterocycles. The van der Waals surface area contributed by atoms with Gasteiger partial charge in [0.15, 0.2) is 0 Å². The highest BCUT2D eigenvalue weighted by atomic mass is 35.5. The molecule has 3 N–H and O–H groups in total. The van der Waals surface area contributed by atoms with E-state index in [2.05, 4.69) is 58.7 Å². The van der Waals surface area contributed by atoms with E-state index in [9.17, 15) is 4.79 Å². The molecule has 0 unspecified atom stereocenters. The van der Waals surface area contributed by atoms with Gasteiger partial charge in [0.25, 0.3) is 5.91 Å². The Labute approximate surface area is 198 Å². The Balaban J connectivity index is 1.52. The summed E-state index contributed by atoms with van der Waals surface area (Å²) in [5, 5.41) is 7.85. The first-order valence-corrected chi connectivity index (χ1v) is 11.4. The fourth-order valence-electron chi connectivity index (χ4n) is 3.63. The summed E-state index contributed by atoms with van der Waals surface area (Å²) in [5.74, 6) is 0.581. The number of para-hydroxylation sites is 1. The minimum absolute atomic E-state index is 0.269. The molecule has 0 saturated carbocycles. The number of anilines is 1. The number of rotatable bonds is 6. The molecule has 0 aliphatic heterocycles. The van der Waals surface area contributed by atoms with Crippen molar-refractivity contribution in [3.63, 3.8) is 0 Å². The molecule has 1 heterocycles. The number of benzene rings is 3. The zero-order chi connectivity index (χ0) is 23.2. The van der Waals surface area contributed by atoms with E-state index in [1.807, 2.05) is 30.5 Å². The van der Waals surface area contributed by atoms with Crippen LogP contribution < -0.4 is 10.6 Å². The number of carbonyl (C=O) groups is 1. The quantitative estimate of drug-likeness (QED) is 0.231. The number of fused-ring (bicyclic) bond motifs is 1. The normalized spacial score (nSPS) is 11.7. The second kappa shape index (κ2) is 10.4. The molecule has 0 radical (unpaired) electrons. The standard InChI is InChI=1S/C27H27ClN4O/c1-18(2)19-10-12-23(13-11-19)31-27(32-26(33)20-6-5-7-22(28)16-20)29-15-14-21-17-30-25-9-4-3-8-24(21)25/h3-13,16-18,30H,14-15H2,1-2H3,(H2,29,31,32,33). The summed E-state index contributed by atoms with van der Waals surface area (Å²) in [4.78, 5) is 20.8. The van der Waals surface area contributed by atoms with E-state index in [0.29, 0.717) is 29.0 Å². The molecule has 0 fully saturated rings. The van der Waals surface area contributed by atoms with Crippen molar-refractivity contribution in [1.82, 2.24) is 10.3 Å². The summed E-state index contributed by atoms with van der Waals surface area (Å²) in [6.07, 6.45) is 2.76. The Morgan fingerprint density at radius 1 is 1.03 bits per heavy atom. The predicted octanol–water partition coefficient (Wildman–Crippen LogP) is 6.39. The fourth-order valence-corrected chi connectivity index (χ4v) is 3.82. The number of hydrogen-bond donors (Lipinski definition) is 3. The molecule has 0 bridgehead atoms. The van der Waals surface area contributed by atoms with Crippen LogP contribution in [0.3, 0.4) is 0 Å². The van der Waals surface area contributed by atoms with Crippen LogP contribution in [0.1, 0.15) is 41.3 Å². The molecule has 3 aromatic carbocycles. The van der Waals surface area contributed by atoms with E-state index in [-0.39, 0.29) is 5.91 Å². The van der Waals surface area contributed by atoms with Crippen LogP contribution in [-0.2, 0) is 6.42 Å². The van der Waals surface area contributed by atoms with Crippen LogP contribution in [0, 0.1) is 0 Å². The van der Waals surface area contributed by atoms with Gasteiger partial charge < -0.3 is 10.3 Å². The number of aliphatic imine (C=N–C) groups is 1. The molecule has 0 aliphatic carbocycles. The summed E-state index contributed by atoms with van der Waals surface area (Å²) in [6, 6.07) is 23.2. The average molecular weight is 459 g/mol. The predicted molar refractivity (Wildman–Crippen MR) is 137 cm³/mol. The molecule has 6 heteroatoms. The molecule has 168 valence electrons. The molecule has 33 heavy (non-hydrogen) atoms. The lowest BCUT2D eigenvalue weighted by atomic mass is 10.0. The third kappa shape index (κ3) is 5.82.